The van der Waals surface area contributed by atoms with Crippen molar-refractivity contribution in [3.63, 3.8) is 0 Å². The van der Waals surface area contributed by atoms with Crippen LogP contribution < -0.4 is 10.1 Å². The Hall–Kier alpha value is -2.04. The van der Waals surface area contributed by atoms with Crippen LogP contribution in [0.4, 0.5) is 0 Å². The lowest BCUT2D eigenvalue weighted by atomic mass is 10.2. The molecule has 0 aliphatic rings. The second kappa shape index (κ2) is 9.96. The first-order chi connectivity index (χ1) is 11.7. The zero-order chi connectivity index (χ0) is 17.2. The molecule has 0 aliphatic carbocycles. The summed E-state index contributed by atoms with van der Waals surface area (Å²) in [5, 5.41) is 3.47. The Morgan fingerprint density at radius 1 is 1.12 bits per heavy atom. The summed E-state index contributed by atoms with van der Waals surface area (Å²) in [4.78, 5) is 12.2. The fraction of sp³-hybridized carbons (Fsp3) is 0.316. The summed E-state index contributed by atoms with van der Waals surface area (Å²) in [6, 6.07) is 16.9. The monoisotopic (exact) mass is 347 g/mol. The van der Waals surface area contributed by atoms with E-state index in [1.165, 1.54) is 0 Å². The highest BCUT2D eigenvalue weighted by Crippen LogP contribution is 2.17. The maximum atomic E-state index is 12.2. The van der Waals surface area contributed by atoms with Crippen molar-refractivity contribution >= 4 is 17.5 Å². The van der Waals surface area contributed by atoms with Crippen LogP contribution in [0.25, 0.3) is 0 Å². The minimum Gasteiger partial charge on any atom is -0.481 e. The molecule has 0 aliphatic heterocycles. The SMILES string of the molecule is CC[C@@H](Oc1ccc(Cl)cc1)C(=O)NCCOCc1ccccc1. The van der Waals surface area contributed by atoms with Crippen LogP contribution in [0.15, 0.2) is 54.6 Å². The summed E-state index contributed by atoms with van der Waals surface area (Å²) in [6.45, 7) is 3.35. The van der Waals surface area contributed by atoms with Gasteiger partial charge in [-0.2, -0.15) is 0 Å². The van der Waals surface area contributed by atoms with Crippen LogP contribution in [0.2, 0.25) is 5.02 Å². The largest absolute Gasteiger partial charge is 0.481 e. The van der Waals surface area contributed by atoms with E-state index in [2.05, 4.69) is 5.32 Å². The summed E-state index contributed by atoms with van der Waals surface area (Å²) < 4.78 is 11.2. The molecule has 5 heteroatoms. The Morgan fingerprint density at radius 2 is 1.83 bits per heavy atom. The number of carbonyl (C=O) groups excluding carboxylic acids is 1. The number of amides is 1. The number of hydrogen-bond donors (Lipinski definition) is 1. The van der Waals surface area contributed by atoms with E-state index in [9.17, 15) is 4.79 Å². The van der Waals surface area contributed by atoms with Gasteiger partial charge >= 0.3 is 0 Å². The van der Waals surface area contributed by atoms with Gasteiger partial charge in [0.2, 0.25) is 0 Å². The molecule has 2 aromatic carbocycles. The van der Waals surface area contributed by atoms with E-state index < -0.39 is 6.10 Å². The number of carbonyl (C=O) groups is 1. The Balaban J connectivity index is 1.68. The first-order valence-electron chi connectivity index (χ1n) is 8.00. The van der Waals surface area contributed by atoms with Crippen LogP contribution in [0.3, 0.4) is 0 Å². The third-order valence-corrected chi connectivity index (χ3v) is 3.66. The predicted molar refractivity (Wildman–Crippen MR) is 95.3 cm³/mol. The van der Waals surface area contributed by atoms with Gasteiger partial charge in [0.25, 0.3) is 5.91 Å². The number of benzene rings is 2. The number of hydrogen-bond acceptors (Lipinski definition) is 3. The van der Waals surface area contributed by atoms with E-state index in [4.69, 9.17) is 21.1 Å². The third kappa shape index (κ3) is 6.22. The highest BCUT2D eigenvalue weighted by atomic mass is 35.5. The molecule has 128 valence electrons. The highest BCUT2D eigenvalue weighted by molar-refractivity contribution is 6.30. The van der Waals surface area contributed by atoms with Gasteiger partial charge in [-0.05, 0) is 36.2 Å². The molecule has 1 atom stereocenters. The lowest BCUT2D eigenvalue weighted by molar-refractivity contribution is -0.128. The van der Waals surface area contributed by atoms with Crippen molar-refractivity contribution in [2.24, 2.45) is 0 Å². The van der Waals surface area contributed by atoms with Crippen LogP contribution in [0.5, 0.6) is 5.75 Å². The van der Waals surface area contributed by atoms with Gasteiger partial charge in [0.05, 0.1) is 13.2 Å². The standard InChI is InChI=1S/C19H22ClNO3/c1-2-18(24-17-10-8-16(20)9-11-17)19(22)21-12-13-23-14-15-6-4-3-5-7-15/h3-11,18H,2,12-14H2,1H3,(H,21,22)/t18-/m1/s1. The molecule has 24 heavy (non-hydrogen) atoms. The summed E-state index contributed by atoms with van der Waals surface area (Å²) >= 11 is 5.84. The van der Waals surface area contributed by atoms with Crippen LogP contribution in [-0.2, 0) is 16.1 Å². The smallest absolute Gasteiger partial charge is 0.261 e. The van der Waals surface area contributed by atoms with Crippen molar-refractivity contribution in [1.82, 2.24) is 5.32 Å². The lowest BCUT2D eigenvalue weighted by Gasteiger charge is -2.17. The number of halogens is 1. The molecule has 2 aromatic rings. The van der Waals surface area contributed by atoms with Crippen LogP contribution in [0.1, 0.15) is 18.9 Å². The fourth-order valence-electron chi connectivity index (χ4n) is 2.12. The van der Waals surface area contributed by atoms with Gasteiger partial charge < -0.3 is 14.8 Å². The molecular formula is C19H22ClNO3. The number of ether oxygens (including phenoxy) is 2. The maximum Gasteiger partial charge on any atom is 0.261 e. The van der Waals surface area contributed by atoms with Crippen LogP contribution in [0, 0.1) is 0 Å². The minimum absolute atomic E-state index is 0.143. The van der Waals surface area contributed by atoms with Crippen molar-refractivity contribution in [3.05, 3.63) is 65.2 Å². The molecule has 4 nitrogen and oxygen atoms in total. The van der Waals surface area contributed by atoms with Gasteiger partial charge in [-0.3, -0.25) is 4.79 Å². The van der Waals surface area contributed by atoms with Gasteiger partial charge in [0.15, 0.2) is 6.10 Å². The number of rotatable bonds is 9. The van der Waals surface area contributed by atoms with E-state index in [0.717, 1.165) is 5.56 Å². The average molecular weight is 348 g/mol. The van der Waals surface area contributed by atoms with Crippen molar-refractivity contribution in [2.45, 2.75) is 26.1 Å². The van der Waals surface area contributed by atoms with Gasteiger partial charge in [-0.15, -0.1) is 0 Å². The van der Waals surface area contributed by atoms with E-state index >= 15 is 0 Å². The Kier molecular flexibility index (Phi) is 7.59. The molecule has 0 bridgehead atoms. The van der Waals surface area contributed by atoms with Gasteiger partial charge in [0, 0.05) is 11.6 Å². The Labute approximate surface area is 147 Å². The minimum atomic E-state index is -0.528. The second-order valence-corrected chi connectivity index (χ2v) is 5.73. The molecule has 0 aromatic heterocycles. The van der Waals surface area contributed by atoms with E-state index in [0.29, 0.717) is 37.0 Å². The molecule has 0 saturated heterocycles. The highest BCUT2D eigenvalue weighted by Gasteiger charge is 2.17. The molecular weight excluding hydrogens is 326 g/mol. The molecule has 1 N–H and O–H groups in total. The lowest BCUT2D eigenvalue weighted by Crippen LogP contribution is -2.39. The first kappa shape index (κ1) is 18.3. The van der Waals surface area contributed by atoms with E-state index in [1.54, 1.807) is 24.3 Å². The molecule has 0 saturated carbocycles. The van der Waals surface area contributed by atoms with Crippen molar-refractivity contribution < 1.29 is 14.3 Å². The molecule has 0 radical (unpaired) electrons. The Morgan fingerprint density at radius 3 is 2.50 bits per heavy atom. The van der Waals surface area contributed by atoms with Crippen LogP contribution in [-0.4, -0.2) is 25.2 Å². The summed E-state index contributed by atoms with van der Waals surface area (Å²) in [7, 11) is 0. The number of nitrogens with one attached hydrogen (secondary N) is 1. The zero-order valence-corrected chi connectivity index (χ0v) is 14.5. The second-order valence-electron chi connectivity index (χ2n) is 5.30. The Bertz CT molecular complexity index is 616. The molecule has 2 rings (SSSR count). The maximum absolute atomic E-state index is 12.2. The third-order valence-electron chi connectivity index (χ3n) is 3.41. The average Bonchev–Trinajstić information content (AvgIpc) is 2.61. The van der Waals surface area contributed by atoms with Crippen molar-refractivity contribution in [1.29, 1.82) is 0 Å². The van der Waals surface area contributed by atoms with Crippen LogP contribution >= 0.6 is 11.6 Å². The summed E-state index contributed by atoms with van der Waals surface area (Å²) in [5.41, 5.74) is 1.11. The molecule has 0 unspecified atom stereocenters. The predicted octanol–water partition coefficient (Wildman–Crippen LogP) is 3.83. The van der Waals surface area contributed by atoms with Gasteiger partial charge in [0.1, 0.15) is 5.75 Å². The molecule has 0 fully saturated rings. The van der Waals surface area contributed by atoms with Crippen molar-refractivity contribution in [3.8, 4) is 5.75 Å². The molecule has 0 spiro atoms. The summed E-state index contributed by atoms with van der Waals surface area (Å²) in [5.74, 6) is 0.484. The zero-order valence-electron chi connectivity index (χ0n) is 13.7. The van der Waals surface area contributed by atoms with Gasteiger partial charge in [-0.25, -0.2) is 0 Å². The topological polar surface area (TPSA) is 47.6 Å². The summed E-state index contributed by atoms with van der Waals surface area (Å²) in [6.07, 6.45) is 0.0552. The van der Waals surface area contributed by atoms with E-state index in [1.807, 2.05) is 37.3 Å². The van der Waals surface area contributed by atoms with E-state index in [-0.39, 0.29) is 5.91 Å². The molecule has 0 heterocycles. The fourth-order valence-corrected chi connectivity index (χ4v) is 2.25. The molecule has 1 amide bonds. The quantitative estimate of drug-likeness (QED) is 0.701. The normalized spacial score (nSPS) is 11.8. The van der Waals surface area contributed by atoms with Gasteiger partial charge in [-0.1, -0.05) is 48.9 Å². The van der Waals surface area contributed by atoms with Crippen molar-refractivity contribution in [2.75, 3.05) is 13.2 Å². The first-order valence-corrected chi connectivity index (χ1v) is 8.38.